The molecule has 0 atom stereocenters. The summed E-state index contributed by atoms with van der Waals surface area (Å²) in [5, 5.41) is 7.26. The summed E-state index contributed by atoms with van der Waals surface area (Å²) in [6.45, 7) is 0.391. The highest BCUT2D eigenvalue weighted by atomic mass is 16.5. The van der Waals surface area contributed by atoms with Crippen LogP contribution in [0.1, 0.15) is 11.3 Å². The molecule has 0 spiro atoms. The monoisotopic (exact) mass is 228 g/mol. The fraction of sp³-hybridized carbons (Fsp3) is 0.0833. The van der Waals surface area contributed by atoms with Crippen LogP contribution >= 0.6 is 0 Å². The van der Waals surface area contributed by atoms with Crippen LogP contribution < -0.4 is 10.5 Å². The Bertz CT molecular complexity index is 513. The number of nitrogens with zero attached hydrogens (tertiary/aromatic N) is 2. The van der Waals surface area contributed by atoms with Gasteiger partial charge in [-0.05, 0) is 11.6 Å². The predicted octanol–water partition coefficient (Wildman–Crippen LogP) is 1.34. The van der Waals surface area contributed by atoms with Crippen LogP contribution in [-0.4, -0.2) is 15.8 Å². The van der Waals surface area contributed by atoms with Gasteiger partial charge in [-0.25, -0.2) is 4.98 Å². The minimum atomic E-state index is -0.100. The van der Waals surface area contributed by atoms with Crippen LogP contribution in [0.25, 0.3) is 0 Å². The highest BCUT2D eigenvalue weighted by molar-refractivity contribution is 5.92. The second-order valence-electron chi connectivity index (χ2n) is 3.41. The Morgan fingerprint density at radius 1 is 1.24 bits per heavy atom. The lowest BCUT2D eigenvalue weighted by atomic mass is 10.2. The average Bonchev–Trinajstić information content (AvgIpc) is 2.38. The third-order valence-electron chi connectivity index (χ3n) is 2.12. The van der Waals surface area contributed by atoms with Crippen LogP contribution in [0, 0.1) is 5.41 Å². The molecule has 0 radical (unpaired) electrons. The van der Waals surface area contributed by atoms with Crippen molar-refractivity contribution in [2.24, 2.45) is 5.73 Å². The van der Waals surface area contributed by atoms with Crippen LogP contribution in [0.5, 0.6) is 6.01 Å². The van der Waals surface area contributed by atoms with Gasteiger partial charge in [0.15, 0.2) is 0 Å². The molecule has 1 aromatic carbocycles. The van der Waals surface area contributed by atoms with Crippen LogP contribution in [-0.2, 0) is 6.61 Å². The summed E-state index contributed by atoms with van der Waals surface area (Å²) in [4.78, 5) is 7.96. The number of rotatable bonds is 4. The van der Waals surface area contributed by atoms with Crippen LogP contribution in [0.3, 0.4) is 0 Å². The van der Waals surface area contributed by atoms with Crippen molar-refractivity contribution < 1.29 is 4.74 Å². The largest absolute Gasteiger partial charge is 0.459 e. The van der Waals surface area contributed by atoms with E-state index in [1.165, 1.54) is 6.20 Å². The fourth-order valence-electron chi connectivity index (χ4n) is 1.28. The van der Waals surface area contributed by atoms with Crippen molar-refractivity contribution in [3.63, 3.8) is 0 Å². The lowest BCUT2D eigenvalue weighted by molar-refractivity contribution is 0.280. The van der Waals surface area contributed by atoms with Crippen LogP contribution in [0.4, 0.5) is 0 Å². The molecule has 5 nitrogen and oxygen atoms in total. The van der Waals surface area contributed by atoms with Crippen molar-refractivity contribution in [2.75, 3.05) is 0 Å². The van der Waals surface area contributed by atoms with Gasteiger partial charge in [0.25, 0.3) is 0 Å². The summed E-state index contributed by atoms with van der Waals surface area (Å²) >= 11 is 0. The van der Waals surface area contributed by atoms with E-state index in [9.17, 15) is 0 Å². The molecule has 1 aromatic heterocycles. The Hall–Kier alpha value is -2.43. The highest BCUT2D eigenvalue weighted by Crippen LogP contribution is 2.06. The predicted molar refractivity (Wildman–Crippen MR) is 63.8 cm³/mol. The molecule has 17 heavy (non-hydrogen) atoms. The number of nitrogens with one attached hydrogen (secondary N) is 1. The van der Waals surface area contributed by atoms with Gasteiger partial charge in [-0.2, -0.15) is 4.98 Å². The lowest BCUT2D eigenvalue weighted by Crippen LogP contribution is -2.14. The number of hydrogen-bond donors (Lipinski definition) is 2. The van der Waals surface area contributed by atoms with Crippen molar-refractivity contribution in [1.29, 1.82) is 5.41 Å². The summed E-state index contributed by atoms with van der Waals surface area (Å²) in [5.41, 5.74) is 6.72. The number of nitrogen functional groups attached to an aromatic ring is 1. The van der Waals surface area contributed by atoms with Gasteiger partial charge in [-0.15, -0.1) is 0 Å². The van der Waals surface area contributed by atoms with Crippen molar-refractivity contribution >= 4 is 5.84 Å². The molecule has 0 saturated carbocycles. The van der Waals surface area contributed by atoms with Crippen molar-refractivity contribution in [3.05, 3.63) is 53.9 Å². The first-order valence-corrected chi connectivity index (χ1v) is 5.10. The van der Waals surface area contributed by atoms with Gasteiger partial charge in [0, 0.05) is 6.20 Å². The standard InChI is InChI=1S/C12H12N4O/c13-11(14)10-6-7-15-12(16-10)17-8-9-4-2-1-3-5-9/h1-7H,8H2,(H3,13,14). The van der Waals surface area contributed by atoms with Gasteiger partial charge in [0.1, 0.15) is 18.1 Å². The molecule has 0 aliphatic rings. The maximum Gasteiger partial charge on any atom is 0.317 e. The zero-order chi connectivity index (χ0) is 12.1. The molecule has 0 amide bonds. The molecule has 2 rings (SSSR count). The Labute approximate surface area is 98.8 Å². The third kappa shape index (κ3) is 3.01. The number of ether oxygens (including phenoxy) is 1. The SMILES string of the molecule is N=C(N)c1ccnc(OCc2ccccc2)n1. The molecule has 0 unspecified atom stereocenters. The number of hydrogen-bond acceptors (Lipinski definition) is 4. The Morgan fingerprint density at radius 3 is 2.71 bits per heavy atom. The van der Waals surface area contributed by atoms with E-state index in [4.69, 9.17) is 15.9 Å². The van der Waals surface area contributed by atoms with Gasteiger partial charge in [-0.1, -0.05) is 30.3 Å². The summed E-state index contributed by atoms with van der Waals surface area (Å²) in [6.07, 6.45) is 1.52. The lowest BCUT2D eigenvalue weighted by Gasteiger charge is -2.05. The fourth-order valence-corrected chi connectivity index (χ4v) is 1.28. The molecule has 0 aliphatic heterocycles. The Balaban J connectivity index is 2.04. The number of nitrogens with two attached hydrogens (primary N) is 1. The van der Waals surface area contributed by atoms with Gasteiger partial charge in [-0.3, -0.25) is 5.41 Å². The smallest absolute Gasteiger partial charge is 0.317 e. The van der Waals surface area contributed by atoms with Gasteiger partial charge >= 0.3 is 6.01 Å². The maximum absolute atomic E-state index is 7.26. The molecule has 2 aromatic rings. The second kappa shape index (κ2) is 5.07. The molecule has 0 saturated heterocycles. The zero-order valence-electron chi connectivity index (χ0n) is 9.13. The first-order chi connectivity index (χ1) is 8.25. The molecule has 3 N–H and O–H groups in total. The van der Waals surface area contributed by atoms with Gasteiger partial charge in [0.05, 0.1) is 0 Å². The summed E-state index contributed by atoms with van der Waals surface area (Å²) < 4.78 is 5.41. The zero-order valence-corrected chi connectivity index (χ0v) is 9.13. The summed E-state index contributed by atoms with van der Waals surface area (Å²) in [7, 11) is 0. The summed E-state index contributed by atoms with van der Waals surface area (Å²) in [5.74, 6) is -0.100. The van der Waals surface area contributed by atoms with E-state index in [0.29, 0.717) is 12.3 Å². The number of amidine groups is 1. The number of benzene rings is 1. The minimum Gasteiger partial charge on any atom is -0.459 e. The van der Waals surface area contributed by atoms with E-state index < -0.39 is 0 Å². The normalized spacial score (nSPS) is 9.88. The van der Waals surface area contributed by atoms with Gasteiger partial charge in [0.2, 0.25) is 0 Å². The Kier molecular flexibility index (Phi) is 3.30. The van der Waals surface area contributed by atoms with Crippen molar-refractivity contribution in [2.45, 2.75) is 6.61 Å². The first kappa shape index (κ1) is 11.1. The number of aromatic nitrogens is 2. The summed E-state index contributed by atoms with van der Waals surface area (Å²) in [6, 6.07) is 11.5. The molecular weight excluding hydrogens is 216 g/mol. The molecule has 0 fully saturated rings. The molecule has 0 aliphatic carbocycles. The van der Waals surface area contributed by atoms with E-state index >= 15 is 0 Å². The molecule has 0 bridgehead atoms. The quantitative estimate of drug-likeness (QED) is 0.610. The van der Waals surface area contributed by atoms with E-state index in [1.807, 2.05) is 30.3 Å². The molecule has 86 valence electrons. The van der Waals surface area contributed by atoms with E-state index in [2.05, 4.69) is 9.97 Å². The molecule has 1 heterocycles. The highest BCUT2D eigenvalue weighted by Gasteiger charge is 2.02. The minimum absolute atomic E-state index is 0.100. The van der Waals surface area contributed by atoms with E-state index in [0.717, 1.165) is 5.56 Å². The third-order valence-corrected chi connectivity index (χ3v) is 2.12. The Morgan fingerprint density at radius 2 is 2.00 bits per heavy atom. The van der Waals surface area contributed by atoms with Crippen molar-refractivity contribution in [3.8, 4) is 6.01 Å². The average molecular weight is 228 g/mol. The van der Waals surface area contributed by atoms with Crippen LogP contribution in [0.15, 0.2) is 42.6 Å². The topological polar surface area (TPSA) is 84.9 Å². The van der Waals surface area contributed by atoms with E-state index in [1.54, 1.807) is 6.07 Å². The first-order valence-electron chi connectivity index (χ1n) is 5.10. The molecular formula is C12H12N4O. The van der Waals surface area contributed by atoms with E-state index in [-0.39, 0.29) is 11.8 Å². The van der Waals surface area contributed by atoms with Crippen LogP contribution in [0.2, 0.25) is 0 Å². The second-order valence-corrected chi connectivity index (χ2v) is 3.41. The van der Waals surface area contributed by atoms with Crippen molar-refractivity contribution in [1.82, 2.24) is 9.97 Å². The maximum atomic E-state index is 7.26. The molecule has 5 heteroatoms. The van der Waals surface area contributed by atoms with Gasteiger partial charge < -0.3 is 10.5 Å².